The maximum atomic E-state index is 12.5. The van der Waals surface area contributed by atoms with Crippen LogP contribution in [0.4, 0.5) is 5.82 Å². The van der Waals surface area contributed by atoms with Gasteiger partial charge in [-0.05, 0) is 31.7 Å². The van der Waals surface area contributed by atoms with Crippen LogP contribution in [0.2, 0.25) is 5.02 Å². The number of anilines is 1. The lowest BCUT2D eigenvalue weighted by molar-refractivity contribution is 0.0724. The van der Waals surface area contributed by atoms with Crippen molar-refractivity contribution >= 4 is 23.3 Å². The zero-order chi connectivity index (χ0) is 16.8. The van der Waals surface area contributed by atoms with Crippen molar-refractivity contribution in [2.24, 2.45) is 0 Å². The summed E-state index contributed by atoms with van der Waals surface area (Å²) in [5.41, 5.74) is 0.561. The lowest BCUT2D eigenvalue weighted by atomic mass is 10.1. The van der Waals surface area contributed by atoms with Gasteiger partial charge < -0.3 is 14.8 Å². The number of aromatic nitrogens is 3. The SMILES string of the molecule is O=C(c1cnc(NCCCn2ccnc2)c(Cl)c1)N1CCCCC1. The topological polar surface area (TPSA) is 63.1 Å². The molecule has 0 bridgehead atoms. The normalized spacial score (nSPS) is 14.6. The Hall–Kier alpha value is -2.08. The van der Waals surface area contributed by atoms with Gasteiger partial charge in [0.25, 0.3) is 5.91 Å². The van der Waals surface area contributed by atoms with Crippen LogP contribution in [0.3, 0.4) is 0 Å². The lowest BCUT2D eigenvalue weighted by Gasteiger charge is -2.26. The van der Waals surface area contributed by atoms with E-state index < -0.39 is 0 Å². The Morgan fingerprint density at radius 2 is 2.12 bits per heavy atom. The van der Waals surface area contributed by atoms with E-state index in [-0.39, 0.29) is 5.91 Å². The van der Waals surface area contributed by atoms with E-state index in [0.717, 1.165) is 45.4 Å². The van der Waals surface area contributed by atoms with E-state index in [2.05, 4.69) is 15.3 Å². The molecule has 3 heterocycles. The van der Waals surface area contributed by atoms with Crippen LogP contribution in [0.1, 0.15) is 36.0 Å². The molecule has 1 amide bonds. The van der Waals surface area contributed by atoms with Gasteiger partial charge in [-0.3, -0.25) is 4.79 Å². The van der Waals surface area contributed by atoms with E-state index >= 15 is 0 Å². The van der Waals surface area contributed by atoms with Gasteiger partial charge in [0.15, 0.2) is 0 Å². The Balaban J connectivity index is 1.53. The highest BCUT2D eigenvalue weighted by Gasteiger charge is 2.19. The standard InChI is InChI=1S/C17H22ClN5O/c18-15-11-14(17(24)23-8-2-1-3-9-23)12-21-16(15)20-5-4-7-22-10-6-19-13-22/h6,10-13H,1-5,7-9H2,(H,20,21). The molecule has 0 unspecified atom stereocenters. The number of rotatable bonds is 6. The molecule has 0 saturated carbocycles. The van der Waals surface area contributed by atoms with Gasteiger partial charge in [-0.25, -0.2) is 9.97 Å². The third kappa shape index (κ3) is 4.26. The maximum absolute atomic E-state index is 12.5. The first-order chi connectivity index (χ1) is 11.7. The molecule has 1 aliphatic heterocycles. The number of piperidine rings is 1. The van der Waals surface area contributed by atoms with Gasteiger partial charge in [-0.2, -0.15) is 0 Å². The smallest absolute Gasteiger partial charge is 0.255 e. The summed E-state index contributed by atoms with van der Waals surface area (Å²) in [4.78, 5) is 22.7. The molecule has 3 rings (SSSR count). The van der Waals surface area contributed by atoms with Crippen molar-refractivity contribution in [3.8, 4) is 0 Å². The highest BCUT2D eigenvalue weighted by Crippen LogP contribution is 2.22. The highest BCUT2D eigenvalue weighted by molar-refractivity contribution is 6.33. The molecule has 7 heteroatoms. The summed E-state index contributed by atoms with van der Waals surface area (Å²) in [5, 5.41) is 3.71. The molecule has 1 saturated heterocycles. The second-order valence-electron chi connectivity index (χ2n) is 5.99. The van der Waals surface area contributed by atoms with Crippen LogP contribution in [-0.2, 0) is 6.54 Å². The number of pyridine rings is 1. The van der Waals surface area contributed by atoms with Gasteiger partial charge in [0, 0.05) is 44.8 Å². The van der Waals surface area contributed by atoms with Gasteiger partial charge in [-0.15, -0.1) is 0 Å². The van der Waals surface area contributed by atoms with Crippen molar-refractivity contribution in [1.82, 2.24) is 19.4 Å². The zero-order valence-corrected chi connectivity index (χ0v) is 14.4. The molecule has 6 nitrogen and oxygen atoms in total. The number of hydrogen-bond donors (Lipinski definition) is 1. The van der Waals surface area contributed by atoms with Crippen LogP contribution < -0.4 is 5.32 Å². The molecular weight excluding hydrogens is 326 g/mol. The van der Waals surface area contributed by atoms with Gasteiger partial charge in [0.1, 0.15) is 5.82 Å². The molecule has 2 aromatic heterocycles. The van der Waals surface area contributed by atoms with E-state index in [1.807, 2.05) is 15.7 Å². The number of hydrogen-bond acceptors (Lipinski definition) is 4. The Morgan fingerprint density at radius 3 is 2.83 bits per heavy atom. The van der Waals surface area contributed by atoms with Gasteiger partial charge in [0.05, 0.1) is 16.9 Å². The Morgan fingerprint density at radius 1 is 1.29 bits per heavy atom. The summed E-state index contributed by atoms with van der Waals surface area (Å²) in [5.74, 6) is 0.647. The fourth-order valence-corrected chi connectivity index (χ4v) is 3.09. The number of likely N-dealkylation sites (tertiary alicyclic amines) is 1. The third-order valence-corrected chi connectivity index (χ3v) is 4.46. The average Bonchev–Trinajstić information content (AvgIpc) is 3.13. The van der Waals surface area contributed by atoms with Gasteiger partial charge in [0.2, 0.25) is 0 Å². The first-order valence-corrected chi connectivity index (χ1v) is 8.76. The number of nitrogens with zero attached hydrogens (tertiary/aromatic N) is 4. The minimum Gasteiger partial charge on any atom is -0.369 e. The summed E-state index contributed by atoms with van der Waals surface area (Å²) in [6.45, 7) is 3.29. The van der Waals surface area contributed by atoms with Crippen molar-refractivity contribution in [3.63, 3.8) is 0 Å². The van der Waals surface area contributed by atoms with Crippen LogP contribution in [0.5, 0.6) is 0 Å². The minimum absolute atomic E-state index is 0.0238. The van der Waals surface area contributed by atoms with Crippen molar-refractivity contribution in [3.05, 3.63) is 41.6 Å². The third-order valence-electron chi connectivity index (χ3n) is 4.18. The fraction of sp³-hybridized carbons (Fsp3) is 0.471. The Bertz CT molecular complexity index is 668. The van der Waals surface area contributed by atoms with Crippen LogP contribution in [0, 0.1) is 0 Å². The lowest BCUT2D eigenvalue weighted by Crippen LogP contribution is -2.35. The number of amides is 1. The van der Waals surface area contributed by atoms with Gasteiger partial charge in [-0.1, -0.05) is 11.6 Å². The number of nitrogens with one attached hydrogen (secondary N) is 1. The van der Waals surface area contributed by atoms with E-state index in [0.29, 0.717) is 16.4 Å². The fourth-order valence-electron chi connectivity index (χ4n) is 2.85. The van der Waals surface area contributed by atoms with Crippen molar-refractivity contribution in [2.75, 3.05) is 25.0 Å². The van der Waals surface area contributed by atoms with Crippen LogP contribution >= 0.6 is 11.6 Å². The van der Waals surface area contributed by atoms with Crippen LogP contribution in [-0.4, -0.2) is 45.0 Å². The second kappa shape index (κ2) is 8.15. The van der Waals surface area contributed by atoms with Crippen LogP contribution in [0.25, 0.3) is 0 Å². The molecule has 1 aliphatic rings. The Kier molecular flexibility index (Phi) is 5.69. The summed E-state index contributed by atoms with van der Waals surface area (Å²) in [6.07, 6.45) is 11.4. The van der Waals surface area contributed by atoms with Crippen molar-refractivity contribution in [2.45, 2.75) is 32.2 Å². The molecule has 128 valence electrons. The molecule has 0 atom stereocenters. The first-order valence-electron chi connectivity index (χ1n) is 8.38. The minimum atomic E-state index is 0.0238. The average molecular weight is 348 g/mol. The molecule has 0 spiro atoms. The number of imidazole rings is 1. The molecule has 24 heavy (non-hydrogen) atoms. The van der Waals surface area contributed by atoms with E-state index in [1.54, 1.807) is 24.8 Å². The largest absolute Gasteiger partial charge is 0.369 e. The molecule has 0 aromatic carbocycles. The van der Waals surface area contributed by atoms with E-state index in [1.165, 1.54) is 6.42 Å². The Labute approximate surface area is 146 Å². The van der Waals surface area contributed by atoms with Gasteiger partial charge >= 0.3 is 0 Å². The number of aryl methyl sites for hydroxylation is 1. The van der Waals surface area contributed by atoms with E-state index in [9.17, 15) is 4.79 Å². The quantitative estimate of drug-likeness (QED) is 0.816. The second-order valence-corrected chi connectivity index (χ2v) is 6.40. The highest BCUT2D eigenvalue weighted by atomic mass is 35.5. The molecule has 1 fully saturated rings. The number of halogens is 1. The zero-order valence-electron chi connectivity index (χ0n) is 13.6. The summed E-state index contributed by atoms with van der Waals surface area (Å²) < 4.78 is 2.02. The van der Waals surface area contributed by atoms with Crippen LogP contribution in [0.15, 0.2) is 31.0 Å². The first kappa shape index (κ1) is 16.8. The molecule has 0 radical (unpaired) electrons. The summed E-state index contributed by atoms with van der Waals surface area (Å²) in [6, 6.07) is 1.71. The molecular formula is C17H22ClN5O. The summed E-state index contributed by atoms with van der Waals surface area (Å²) >= 11 is 6.28. The predicted octanol–water partition coefficient (Wildman–Crippen LogP) is 3.06. The molecule has 1 N–H and O–H groups in total. The molecule has 0 aliphatic carbocycles. The molecule has 2 aromatic rings. The summed E-state index contributed by atoms with van der Waals surface area (Å²) in [7, 11) is 0. The van der Waals surface area contributed by atoms with Crippen molar-refractivity contribution in [1.29, 1.82) is 0 Å². The maximum Gasteiger partial charge on any atom is 0.255 e. The van der Waals surface area contributed by atoms with Crippen molar-refractivity contribution < 1.29 is 4.79 Å². The number of carbonyl (C=O) groups excluding carboxylic acids is 1. The van der Waals surface area contributed by atoms with E-state index in [4.69, 9.17) is 11.6 Å². The monoisotopic (exact) mass is 347 g/mol. The predicted molar refractivity (Wildman–Crippen MR) is 94.3 cm³/mol. The number of carbonyl (C=O) groups is 1.